The molecule has 2 aromatic heterocycles. The van der Waals surface area contributed by atoms with Gasteiger partial charge in [-0.15, -0.1) is 0 Å². The molecule has 1 fully saturated rings. The number of rotatable bonds is 15. The average molecular weight is 638 g/mol. The average Bonchev–Trinajstić information content (AvgIpc) is 3.66. The second-order valence-electron chi connectivity index (χ2n) is 12.5. The Morgan fingerprint density at radius 1 is 0.957 bits per heavy atom. The maximum Gasteiger partial charge on any atom is 0.407 e. The van der Waals surface area contributed by atoms with E-state index in [0.29, 0.717) is 63.1 Å². The number of carbonyl (C=O) groups excluding carboxylic acids is 3. The monoisotopic (exact) mass is 637 g/mol. The fourth-order valence-electron chi connectivity index (χ4n) is 5.17. The third-order valence-corrected chi connectivity index (χ3v) is 7.33. The Morgan fingerprint density at radius 2 is 1.65 bits per heavy atom. The summed E-state index contributed by atoms with van der Waals surface area (Å²) in [6.07, 6.45) is 6.28. The van der Waals surface area contributed by atoms with Crippen molar-refractivity contribution in [2.75, 3.05) is 58.9 Å². The molecule has 3 N–H and O–H groups in total. The maximum atomic E-state index is 12.9. The molecule has 1 aliphatic rings. The van der Waals surface area contributed by atoms with Crippen molar-refractivity contribution in [2.45, 2.75) is 64.5 Å². The van der Waals surface area contributed by atoms with Crippen LogP contribution in [-0.4, -0.2) is 96.6 Å². The predicted octanol–water partition coefficient (Wildman–Crippen LogP) is 4.67. The number of hydrogen-bond donors (Lipinski definition) is 3. The van der Waals surface area contributed by atoms with Gasteiger partial charge in [0.1, 0.15) is 16.9 Å². The summed E-state index contributed by atoms with van der Waals surface area (Å²) in [7, 11) is 3.51. The number of alkyl carbamates (subject to hydrolysis) is 1. The summed E-state index contributed by atoms with van der Waals surface area (Å²) in [4.78, 5) is 48.0. The van der Waals surface area contributed by atoms with Gasteiger partial charge in [0.15, 0.2) is 0 Å². The molecule has 0 saturated heterocycles. The molecular weight excluding hydrogens is 590 g/mol. The van der Waals surface area contributed by atoms with E-state index in [9.17, 15) is 14.4 Å². The van der Waals surface area contributed by atoms with E-state index in [4.69, 9.17) is 19.2 Å². The first-order valence-corrected chi connectivity index (χ1v) is 15.9. The summed E-state index contributed by atoms with van der Waals surface area (Å²) in [5.74, 6) is 0.172. The highest BCUT2D eigenvalue weighted by Crippen LogP contribution is 2.35. The number of benzene rings is 1. The molecule has 3 amide bonds. The van der Waals surface area contributed by atoms with Crippen LogP contribution in [0, 0.1) is 0 Å². The highest BCUT2D eigenvalue weighted by atomic mass is 16.6. The van der Waals surface area contributed by atoms with E-state index in [1.165, 1.54) is 0 Å². The van der Waals surface area contributed by atoms with Crippen molar-refractivity contribution >= 4 is 40.6 Å². The summed E-state index contributed by atoms with van der Waals surface area (Å²) in [5, 5.41) is 9.59. The van der Waals surface area contributed by atoms with Gasteiger partial charge in [0.25, 0.3) is 11.8 Å². The smallest absolute Gasteiger partial charge is 0.407 e. The summed E-state index contributed by atoms with van der Waals surface area (Å²) in [6, 6.07) is 9.19. The Bertz CT molecular complexity index is 1460. The summed E-state index contributed by atoms with van der Waals surface area (Å²) in [6.45, 7) is 7.98. The van der Waals surface area contributed by atoms with Crippen molar-refractivity contribution < 1.29 is 28.6 Å². The second-order valence-corrected chi connectivity index (χ2v) is 12.5. The molecule has 0 unspecified atom stereocenters. The van der Waals surface area contributed by atoms with Crippen molar-refractivity contribution in [1.29, 1.82) is 0 Å². The van der Waals surface area contributed by atoms with E-state index in [2.05, 4.69) is 25.5 Å². The fourth-order valence-corrected chi connectivity index (χ4v) is 5.17. The van der Waals surface area contributed by atoms with Crippen LogP contribution >= 0.6 is 0 Å². The number of fused-ring (bicyclic) bond motifs is 1. The molecule has 13 heteroatoms. The van der Waals surface area contributed by atoms with Crippen LogP contribution in [0.2, 0.25) is 0 Å². The van der Waals surface area contributed by atoms with Gasteiger partial charge in [-0.3, -0.25) is 9.59 Å². The van der Waals surface area contributed by atoms with Gasteiger partial charge < -0.3 is 39.6 Å². The SMILES string of the molecule is CN(C)C(=O)c1cc2cnc(Nc3ccc(C(=O)NCCOCCOCCCNC(=O)OC(C)(C)C)cc3)nc2n1C1CCCC1. The van der Waals surface area contributed by atoms with E-state index in [1.807, 2.05) is 26.8 Å². The third kappa shape index (κ3) is 10.1. The first-order valence-electron chi connectivity index (χ1n) is 15.9. The van der Waals surface area contributed by atoms with Gasteiger partial charge in [0.05, 0.1) is 19.8 Å². The highest BCUT2D eigenvalue weighted by Gasteiger charge is 2.26. The molecule has 3 aromatic rings. The van der Waals surface area contributed by atoms with Crippen LogP contribution in [0.15, 0.2) is 36.5 Å². The fraction of sp³-hybridized carbons (Fsp3) is 0.545. The Hall–Kier alpha value is -4.23. The van der Waals surface area contributed by atoms with Gasteiger partial charge in [0, 0.05) is 62.7 Å². The van der Waals surface area contributed by atoms with Gasteiger partial charge in [-0.05, 0) is 70.4 Å². The zero-order chi connectivity index (χ0) is 33.1. The van der Waals surface area contributed by atoms with Crippen molar-refractivity contribution in [1.82, 2.24) is 30.1 Å². The maximum absolute atomic E-state index is 12.9. The second kappa shape index (κ2) is 16.4. The van der Waals surface area contributed by atoms with Crippen molar-refractivity contribution in [3.63, 3.8) is 0 Å². The molecule has 0 aliphatic heterocycles. The molecule has 0 bridgehead atoms. The van der Waals surface area contributed by atoms with E-state index < -0.39 is 11.7 Å². The molecule has 0 radical (unpaired) electrons. The van der Waals surface area contributed by atoms with Crippen molar-refractivity contribution in [3.8, 4) is 0 Å². The van der Waals surface area contributed by atoms with Gasteiger partial charge in [0.2, 0.25) is 5.95 Å². The number of aromatic nitrogens is 3. The number of carbonyl (C=O) groups is 3. The van der Waals surface area contributed by atoms with Gasteiger partial charge in [-0.2, -0.15) is 4.98 Å². The van der Waals surface area contributed by atoms with E-state index in [1.54, 1.807) is 49.5 Å². The minimum atomic E-state index is -0.517. The van der Waals surface area contributed by atoms with E-state index in [0.717, 1.165) is 42.4 Å². The number of nitrogens with one attached hydrogen (secondary N) is 3. The topological polar surface area (TPSA) is 149 Å². The van der Waals surface area contributed by atoms with Crippen LogP contribution in [0.1, 0.15) is 79.8 Å². The molecule has 2 heterocycles. The molecule has 0 spiro atoms. The summed E-state index contributed by atoms with van der Waals surface area (Å²) in [5.41, 5.74) is 2.12. The van der Waals surface area contributed by atoms with Crippen LogP contribution in [0.25, 0.3) is 11.0 Å². The molecule has 46 heavy (non-hydrogen) atoms. The summed E-state index contributed by atoms with van der Waals surface area (Å²) < 4.78 is 18.3. The molecule has 1 aromatic carbocycles. The van der Waals surface area contributed by atoms with Gasteiger partial charge in [-0.1, -0.05) is 12.8 Å². The largest absolute Gasteiger partial charge is 0.444 e. The number of ether oxygens (including phenoxy) is 3. The van der Waals surface area contributed by atoms with Crippen LogP contribution in [0.3, 0.4) is 0 Å². The zero-order valence-electron chi connectivity index (χ0n) is 27.6. The molecule has 250 valence electrons. The molecule has 4 rings (SSSR count). The van der Waals surface area contributed by atoms with E-state index in [-0.39, 0.29) is 17.9 Å². The highest BCUT2D eigenvalue weighted by molar-refractivity contribution is 5.98. The molecule has 13 nitrogen and oxygen atoms in total. The normalized spacial score (nSPS) is 13.5. The van der Waals surface area contributed by atoms with Crippen LogP contribution in [0.5, 0.6) is 0 Å². The Kier molecular flexibility index (Phi) is 12.3. The van der Waals surface area contributed by atoms with Crippen LogP contribution < -0.4 is 16.0 Å². The zero-order valence-corrected chi connectivity index (χ0v) is 27.6. The van der Waals surface area contributed by atoms with E-state index >= 15 is 0 Å². The molecule has 1 saturated carbocycles. The summed E-state index contributed by atoms with van der Waals surface area (Å²) >= 11 is 0. The van der Waals surface area contributed by atoms with Crippen molar-refractivity contribution in [2.24, 2.45) is 0 Å². The standard InChI is InChI=1S/C33H47N7O6/c1-33(2,3)46-32(43)35-15-8-17-44-19-20-45-18-16-34-29(41)23-11-13-25(14-12-23)37-31-36-22-24-21-27(30(42)39(4)5)40(28(24)38-31)26-9-6-7-10-26/h11-14,21-22,26H,6-10,15-20H2,1-5H3,(H,34,41)(H,35,43)(H,36,37,38). The number of anilines is 2. The molecule has 0 atom stereocenters. The Balaban J connectivity index is 1.17. The van der Waals surface area contributed by atoms with Crippen LogP contribution in [0.4, 0.5) is 16.4 Å². The predicted molar refractivity (Wildman–Crippen MR) is 176 cm³/mol. The Morgan fingerprint density at radius 3 is 2.33 bits per heavy atom. The first kappa shape index (κ1) is 34.6. The number of amides is 3. The van der Waals surface area contributed by atoms with Gasteiger partial charge >= 0.3 is 6.09 Å². The minimum Gasteiger partial charge on any atom is -0.444 e. The Labute approximate surface area is 270 Å². The van der Waals surface area contributed by atoms with Gasteiger partial charge in [-0.25, -0.2) is 9.78 Å². The molecule has 1 aliphatic carbocycles. The minimum absolute atomic E-state index is 0.0490. The number of hydrogen-bond acceptors (Lipinski definition) is 9. The third-order valence-electron chi connectivity index (χ3n) is 7.33. The lowest BCUT2D eigenvalue weighted by Crippen LogP contribution is -2.33. The first-order chi connectivity index (χ1) is 22.0. The molecular formula is C33H47N7O6. The van der Waals surface area contributed by atoms with Crippen molar-refractivity contribution in [3.05, 3.63) is 47.8 Å². The van der Waals surface area contributed by atoms with Crippen LogP contribution in [-0.2, 0) is 14.2 Å². The lowest BCUT2D eigenvalue weighted by atomic mass is 10.2. The quantitative estimate of drug-likeness (QED) is 0.202. The number of nitrogens with zero attached hydrogens (tertiary/aromatic N) is 4. The lowest BCUT2D eigenvalue weighted by Gasteiger charge is -2.19. The lowest BCUT2D eigenvalue weighted by molar-refractivity contribution is 0.0440.